The Morgan fingerprint density at radius 1 is 1.20 bits per heavy atom. The Balaban J connectivity index is 2.09. The van der Waals surface area contributed by atoms with Crippen molar-refractivity contribution < 1.29 is 0 Å². The van der Waals surface area contributed by atoms with Crippen molar-refractivity contribution in [1.82, 2.24) is 10.0 Å². The fourth-order valence-electron chi connectivity index (χ4n) is 2.44. The number of rotatable bonds is 0. The molecule has 0 spiro atoms. The first-order valence-corrected chi connectivity index (χ1v) is 4.23. The summed E-state index contributed by atoms with van der Waals surface area (Å²) in [6, 6.07) is 0.880. The van der Waals surface area contributed by atoms with Crippen molar-refractivity contribution in [2.24, 2.45) is 5.92 Å². The molecule has 2 rings (SSSR count). The predicted octanol–water partition coefficient (Wildman–Crippen LogP) is 0.947. The lowest BCUT2D eigenvalue weighted by molar-refractivity contribution is 0.0517. The zero-order valence-electron chi connectivity index (χ0n) is 6.88. The third kappa shape index (κ3) is 0.789. The van der Waals surface area contributed by atoms with E-state index in [1.165, 1.54) is 25.8 Å². The summed E-state index contributed by atoms with van der Waals surface area (Å²) in [5.41, 5.74) is 0. The maximum atomic E-state index is 2.41. The van der Waals surface area contributed by atoms with Crippen molar-refractivity contribution in [2.75, 3.05) is 20.6 Å². The summed E-state index contributed by atoms with van der Waals surface area (Å²) >= 11 is 0. The van der Waals surface area contributed by atoms with Crippen LogP contribution in [0.15, 0.2) is 0 Å². The van der Waals surface area contributed by atoms with Gasteiger partial charge >= 0.3 is 0 Å². The lowest BCUT2D eigenvalue weighted by atomic mass is 10.1. The van der Waals surface area contributed by atoms with E-state index in [1.54, 1.807) is 0 Å². The summed E-state index contributed by atoms with van der Waals surface area (Å²) in [5.74, 6) is 0.981. The van der Waals surface area contributed by atoms with Gasteiger partial charge in [0.2, 0.25) is 0 Å². The SMILES string of the molecule is CN1CC2CCCC2N1C. The second kappa shape index (κ2) is 2.21. The van der Waals surface area contributed by atoms with E-state index in [4.69, 9.17) is 0 Å². The first-order chi connectivity index (χ1) is 4.79. The molecule has 0 N–H and O–H groups in total. The Labute approximate surface area is 62.8 Å². The topological polar surface area (TPSA) is 6.48 Å². The average Bonchev–Trinajstić information content (AvgIpc) is 2.41. The molecule has 0 aromatic heterocycles. The molecule has 0 aromatic rings. The van der Waals surface area contributed by atoms with E-state index in [2.05, 4.69) is 24.1 Å². The molecule has 2 fully saturated rings. The summed E-state index contributed by atoms with van der Waals surface area (Å²) in [5, 5.41) is 4.77. The van der Waals surface area contributed by atoms with Crippen LogP contribution in [0, 0.1) is 5.92 Å². The maximum absolute atomic E-state index is 2.41. The van der Waals surface area contributed by atoms with Crippen LogP contribution in [0.5, 0.6) is 0 Å². The average molecular weight is 140 g/mol. The monoisotopic (exact) mass is 140 g/mol. The highest BCUT2D eigenvalue weighted by atomic mass is 15.6. The number of hydrogen-bond acceptors (Lipinski definition) is 2. The molecule has 1 aliphatic carbocycles. The number of fused-ring (bicyclic) bond motifs is 1. The van der Waals surface area contributed by atoms with Crippen molar-refractivity contribution in [3.8, 4) is 0 Å². The fraction of sp³-hybridized carbons (Fsp3) is 1.00. The van der Waals surface area contributed by atoms with Gasteiger partial charge in [-0.3, -0.25) is 0 Å². The molecule has 0 aromatic carbocycles. The second-order valence-corrected chi connectivity index (χ2v) is 3.67. The van der Waals surface area contributed by atoms with Crippen molar-refractivity contribution in [2.45, 2.75) is 25.3 Å². The molecule has 2 nitrogen and oxygen atoms in total. The number of hydrazine groups is 1. The summed E-state index contributed by atoms with van der Waals surface area (Å²) < 4.78 is 0. The highest BCUT2D eigenvalue weighted by Gasteiger charge is 2.38. The maximum Gasteiger partial charge on any atom is 0.0283 e. The van der Waals surface area contributed by atoms with E-state index >= 15 is 0 Å². The second-order valence-electron chi connectivity index (χ2n) is 3.67. The molecule has 2 unspecified atom stereocenters. The molecule has 1 aliphatic heterocycles. The zero-order chi connectivity index (χ0) is 7.14. The smallest absolute Gasteiger partial charge is 0.0283 e. The minimum Gasteiger partial charge on any atom is -0.245 e. The van der Waals surface area contributed by atoms with Gasteiger partial charge < -0.3 is 0 Å². The fourth-order valence-corrected chi connectivity index (χ4v) is 2.44. The van der Waals surface area contributed by atoms with Gasteiger partial charge in [-0.1, -0.05) is 6.42 Å². The molecule has 0 amide bonds. The Hall–Kier alpha value is -0.0800. The summed E-state index contributed by atoms with van der Waals surface area (Å²) in [6.07, 6.45) is 4.33. The van der Waals surface area contributed by atoms with E-state index in [-0.39, 0.29) is 0 Å². The molecule has 0 bridgehead atoms. The van der Waals surface area contributed by atoms with Crippen LogP contribution in [-0.2, 0) is 0 Å². The number of hydrogen-bond donors (Lipinski definition) is 0. The lowest BCUT2D eigenvalue weighted by Gasteiger charge is -2.23. The van der Waals surface area contributed by atoms with Crippen LogP contribution in [0.4, 0.5) is 0 Å². The highest BCUT2D eigenvalue weighted by molar-refractivity contribution is 4.89. The van der Waals surface area contributed by atoms with E-state index in [0.29, 0.717) is 0 Å². The normalized spacial score (nSPS) is 42.6. The van der Waals surface area contributed by atoms with Gasteiger partial charge in [0.25, 0.3) is 0 Å². The summed E-state index contributed by atoms with van der Waals surface area (Å²) in [7, 11) is 4.41. The highest BCUT2D eigenvalue weighted by Crippen LogP contribution is 2.34. The van der Waals surface area contributed by atoms with Gasteiger partial charge in [0.15, 0.2) is 0 Å². The number of nitrogens with zero attached hydrogens (tertiary/aromatic N) is 2. The molecule has 2 heteroatoms. The van der Waals surface area contributed by atoms with Gasteiger partial charge in [0.05, 0.1) is 0 Å². The van der Waals surface area contributed by atoms with E-state index in [9.17, 15) is 0 Å². The van der Waals surface area contributed by atoms with Crippen molar-refractivity contribution in [3.63, 3.8) is 0 Å². The Morgan fingerprint density at radius 3 is 2.70 bits per heavy atom. The van der Waals surface area contributed by atoms with Gasteiger partial charge in [-0.25, -0.2) is 10.0 Å². The van der Waals surface area contributed by atoms with Gasteiger partial charge in [0, 0.05) is 26.7 Å². The molecule has 58 valence electrons. The van der Waals surface area contributed by atoms with Crippen LogP contribution >= 0.6 is 0 Å². The summed E-state index contributed by atoms with van der Waals surface area (Å²) in [4.78, 5) is 0. The molecular formula is C8H16N2. The van der Waals surface area contributed by atoms with Crippen molar-refractivity contribution >= 4 is 0 Å². The molecule has 2 aliphatic rings. The third-order valence-electron chi connectivity index (χ3n) is 3.14. The Kier molecular flexibility index (Phi) is 1.46. The van der Waals surface area contributed by atoms with Crippen LogP contribution in [0.3, 0.4) is 0 Å². The minimum atomic E-state index is 0.880. The van der Waals surface area contributed by atoms with Gasteiger partial charge in [0.1, 0.15) is 0 Å². The molecule has 1 saturated carbocycles. The lowest BCUT2D eigenvalue weighted by Crippen LogP contribution is -2.34. The third-order valence-corrected chi connectivity index (χ3v) is 3.14. The van der Waals surface area contributed by atoms with Crippen LogP contribution in [0.2, 0.25) is 0 Å². The van der Waals surface area contributed by atoms with E-state index in [0.717, 1.165) is 12.0 Å². The molecular weight excluding hydrogens is 124 g/mol. The Bertz CT molecular complexity index is 133. The minimum absolute atomic E-state index is 0.880. The predicted molar refractivity (Wildman–Crippen MR) is 41.5 cm³/mol. The van der Waals surface area contributed by atoms with Crippen LogP contribution in [0.25, 0.3) is 0 Å². The molecule has 10 heavy (non-hydrogen) atoms. The van der Waals surface area contributed by atoms with Gasteiger partial charge in [-0.2, -0.15) is 0 Å². The molecule has 0 radical (unpaired) electrons. The van der Waals surface area contributed by atoms with Crippen LogP contribution in [-0.4, -0.2) is 36.7 Å². The molecule has 1 heterocycles. The zero-order valence-corrected chi connectivity index (χ0v) is 6.88. The quantitative estimate of drug-likeness (QED) is 0.494. The Morgan fingerprint density at radius 2 is 2.00 bits per heavy atom. The van der Waals surface area contributed by atoms with Crippen molar-refractivity contribution in [3.05, 3.63) is 0 Å². The largest absolute Gasteiger partial charge is 0.245 e. The van der Waals surface area contributed by atoms with E-state index < -0.39 is 0 Å². The van der Waals surface area contributed by atoms with Crippen LogP contribution in [0.1, 0.15) is 19.3 Å². The molecule has 2 atom stereocenters. The van der Waals surface area contributed by atoms with Crippen LogP contribution < -0.4 is 0 Å². The van der Waals surface area contributed by atoms with Gasteiger partial charge in [-0.15, -0.1) is 0 Å². The van der Waals surface area contributed by atoms with Gasteiger partial charge in [-0.05, 0) is 18.8 Å². The van der Waals surface area contributed by atoms with Crippen molar-refractivity contribution in [1.29, 1.82) is 0 Å². The summed E-state index contributed by atoms with van der Waals surface area (Å²) in [6.45, 7) is 1.29. The standard InChI is InChI=1S/C8H16N2/c1-9-6-7-4-3-5-8(7)10(9)2/h7-8H,3-6H2,1-2H3. The first-order valence-electron chi connectivity index (χ1n) is 4.23. The molecule has 1 saturated heterocycles. The first kappa shape index (κ1) is 6.62. The van der Waals surface area contributed by atoms with E-state index in [1.807, 2.05) is 0 Å².